The van der Waals surface area contributed by atoms with Gasteiger partial charge in [-0.3, -0.25) is 19.2 Å². The van der Waals surface area contributed by atoms with E-state index in [1.807, 2.05) is 4.93 Å². The maximum absolute atomic E-state index is 11.0. The summed E-state index contributed by atoms with van der Waals surface area (Å²) >= 11 is 2.15. The molecule has 254 valence electrons. The molecule has 0 spiro atoms. The molecule has 0 radical (unpaired) electrons. The minimum atomic E-state index is -1.74. The Hall–Kier alpha value is -1.66. The van der Waals surface area contributed by atoms with E-state index in [9.17, 15) is 44.1 Å². The van der Waals surface area contributed by atoms with E-state index in [4.69, 9.17) is 0 Å². The number of ketones is 5. The molecule has 4 saturated carbocycles. The first kappa shape index (κ1) is 44.5. The summed E-state index contributed by atoms with van der Waals surface area (Å²) in [5.74, 6) is -0.967. The van der Waals surface area contributed by atoms with Crippen molar-refractivity contribution in [3.8, 4) is 0 Å². The van der Waals surface area contributed by atoms with E-state index in [0.29, 0.717) is 49.1 Å². The van der Waals surface area contributed by atoms with Crippen molar-refractivity contribution in [3.05, 3.63) is 6.92 Å². The van der Waals surface area contributed by atoms with E-state index in [1.54, 1.807) is 0 Å². The number of carboxylic acids is 1. The van der Waals surface area contributed by atoms with Gasteiger partial charge in [0, 0.05) is 25.7 Å². The highest BCUT2D eigenvalue weighted by Crippen LogP contribution is 2.32. The number of carbonyl (C=O) groups excluding carboxylic acids is 6. The standard InChI is InChI=1S/C9H16O2.C8H14O2.C7H12O.C6H10O.C3H2O3.CH3I/c1-7-4-3-5-9(11,6-7)8(2)10;1-7(9)8(10)5-3-2-4-6-8;1-6-3-2-4-7(8)5-6;7-6-4-2-1-3-5-6;1-2(4)3(5)6;1-2/h7,11H,3-6H2,1-2H3;10H,2-6H2,1H3;6H,2-5H2,1H3;1-5H2;1H2;1H3. The van der Waals surface area contributed by atoms with E-state index in [0.717, 1.165) is 77.0 Å². The second-order valence-electron chi connectivity index (χ2n) is 12.5. The van der Waals surface area contributed by atoms with Gasteiger partial charge < -0.3 is 20.1 Å². The Kier molecular flexibility index (Phi) is 24.8. The molecule has 2 N–H and O–H groups in total. The van der Waals surface area contributed by atoms with E-state index in [-0.39, 0.29) is 11.6 Å². The summed E-state index contributed by atoms with van der Waals surface area (Å²) in [6.45, 7) is 9.74. The number of hydrogen-bond donors (Lipinski definition) is 2. The van der Waals surface area contributed by atoms with Gasteiger partial charge in [-0.15, -0.1) is 0 Å². The lowest BCUT2D eigenvalue weighted by Gasteiger charge is -2.33. The summed E-state index contributed by atoms with van der Waals surface area (Å²) in [7, 11) is 0. The quantitative estimate of drug-likeness (QED) is 0.170. The van der Waals surface area contributed by atoms with Gasteiger partial charge in [0.1, 0.15) is 22.8 Å². The normalized spacial score (nSPS) is 25.5. The zero-order valence-corrected chi connectivity index (χ0v) is 29.9. The van der Waals surface area contributed by atoms with Crippen molar-refractivity contribution >= 4 is 57.5 Å². The van der Waals surface area contributed by atoms with Crippen molar-refractivity contribution in [2.45, 2.75) is 154 Å². The van der Waals surface area contributed by atoms with Crippen LogP contribution in [-0.4, -0.2) is 61.2 Å². The lowest BCUT2D eigenvalue weighted by molar-refractivity contribution is -0.299. The molecule has 0 saturated heterocycles. The molecular formula is C34H57IO9. The fourth-order valence-electron chi connectivity index (χ4n) is 5.52. The first-order valence-electron chi connectivity index (χ1n) is 16.0. The van der Waals surface area contributed by atoms with Crippen LogP contribution in [0.5, 0.6) is 0 Å². The van der Waals surface area contributed by atoms with Gasteiger partial charge in [-0.05, 0) is 88.4 Å². The third kappa shape index (κ3) is 21.1. The third-order valence-electron chi connectivity index (χ3n) is 8.33. The Bertz CT molecular complexity index is 875. The molecule has 4 aliphatic rings. The van der Waals surface area contributed by atoms with Crippen LogP contribution in [0.4, 0.5) is 0 Å². The van der Waals surface area contributed by atoms with Crippen LogP contribution in [0.2, 0.25) is 0 Å². The zero-order chi connectivity index (χ0) is 34.3. The van der Waals surface area contributed by atoms with E-state index < -0.39 is 23.0 Å². The molecule has 0 bridgehead atoms. The van der Waals surface area contributed by atoms with Crippen molar-refractivity contribution in [1.82, 2.24) is 0 Å². The number of hydrogen-bond acceptors (Lipinski definition) is 9. The van der Waals surface area contributed by atoms with Gasteiger partial charge in [0.05, 0.1) is 6.92 Å². The second-order valence-corrected chi connectivity index (χ2v) is 12.5. The Morgan fingerprint density at radius 3 is 1.39 bits per heavy atom. The predicted octanol–water partition coefficient (Wildman–Crippen LogP) is 5.26. The van der Waals surface area contributed by atoms with Crippen LogP contribution in [0.15, 0.2) is 0 Å². The minimum absolute atomic E-state index is 0.0628. The zero-order valence-electron chi connectivity index (χ0n) is 27.7. The lowest BCUT2D eigenvalue weighted by atomic mass is 9.77. The third-order valence-corrected chi connectivity index (χ3v) is 8.33. The summed E-state index contributed by atoms with van der Waals surface area (Å²) in [6.07, 6.45) is 17.2. The number of carboxylic acid groups (broad SMARTS) is 1. The fraction of sp³-hybridized carbons (Fsp3) is 0.794. The van der Waals surface area contributed by atoms with Gasteiger partial charge in [0.25, 0.3) is 5.97 Å². The highest BCUT2D eigenvalue weighted by molar-refractivity contribution is 14.1. The summed E-state index contributed by atoms with van der Waals surface area (Å²) in [6, 6.07) is 0. The largest absolute Gasteiger partial charge is 0.438 e. The van der Waals surface area contributed by atoms with Gasteiger partial charge >= 0.3 is 5.78 Å². The van der Waals surface area contributed by atoms with Gasteiger partial charge in [0.15, 0.2) is 11.6 Å². The maximum atomic E-state index is 11.0. The molecular weight excluding hydrogens is 679 g/mol. The molecule has 4 aliphatic carbocycles. The van der Waals surface area contributed by atoms with Gasteiger partial charge in [0.2, 0.25) is 0 Å². The van der Waals surface area contributed by atoms with Crippen molar-refractivity contribution in [1.29, 1.82) is 0 Å². The van der Waals surface area contributed by atoms with Gasteiger partial charge in [-0.1, -0.05) is 68.5 Å². The van der Waals surface area contributed by atoms with Crippen molar-refractivity contribution in [2.75, 3.05) is 4.93 Å². The number of rotatable bonds is 3. The fourth-order valence-corrected chi connectivity index (χ4v) is 5.52. The molecule has 4 rings (SSSR count). The number of halogens is 1. The Balaban J connectivity index is 0. The minimum Gasteiger partial charge on any atom is -0.438 e. The number of Topliss-reactive ketones (excluding diaryl/α,β-unsaturated/α-hetero) is 5. The summed E-state index contributed by atoms with van der Waals surface area (Å²) in [4.78, 5) is 63.5. The van der Waals surface area contributed by atoms with E-state index in [2.05, 4.69) is 43.4 Å². The first-order valence-corrected chi connectivity index (χ1v) is 18.1. The molecule has 0 aromatic carbocycles. The van der Waals surface area contributed by atoms with Crippen LogP contribution < -0.4 is 5.11 Å². The molecule has 0 aliphatic heterocycles. The SMILES string of the molecule is CC(=O)C1(O)CCCC(C)C1.CC(=O)C1(O)CCCCC1.CC1CCCC(=O)C1.CI.O=C1CCCCC1.[CH2+]C(=O)C(=O)[O-]. The average molecular weight is 737 g/mol. The molecule has 10 heteroatoms. The predicted molar refractivity (Wildman–Crippen MR) is 178 cm³/mol. The number of alkyl halides is 1. The molecule has 0 heterocycles. The van der Waals surface area contributed by atoms with Crippen LogP contribution >= 0.6 is 22.6 Å². The molecule has 0 aromatic heterocycles. The van der Waals surface area contributed by atoms with Crippen LogP contribution in [0, 0.1) is 18.8 Å². The summed E-state index contributed by atoms with van der Waals surface area (Å²) in [5, 5.41) is 28.5. The molecule has 3 unspecified atom stereocenters. The van der Waals surface area contributed by atoms with Crippen LogP contribution in [0.3, 0.4) is 0 Å². The molecule has 4 fully saturated rings. The number of carbonyl (C=O) groups is 6. The van der Waals surface area contributed by atoms with Crippen molar-refractivity contribution < 1.29 is 44.1 Å². The van der Waals surface area contributed by atoms with E-state index >= 15 is 0 Å². The van der Waals surface area contributed by atoms with Crippen molar-refractivity contribution in [2.24, 2.45) is 11.8 Å². The van der Waals surface area contributed by atoms with Crippen LogP contribution in [-0.2, 0) is 28.8 Å². The number of aliphatic carboxylic acids is 1. The van der Waals surface area contributed by atoms with Gasteiger partial charge in [-0.25, -0.2) is 4.79 Å². The Morgan fingerprint density at radius 2 is 1.11 bits per heavy atom. The topological polar surface area (TPSA) is 166 Å². The first-order chi connectivity index (χ1) is 20.5. The molecule has 0 amide bonds. The van der Waals surface area contributed by atoms with Crippen LogP contribution in [0.1, 0.15) is 143 Å². The van der Waals surface area contributed by atoms with Gasteiger partial charge in [-0.2, -0.15) is 0 Å². The Labute approximate surface area is 278 Å². The second kappa shape index (κ2) is 24.6. The molecule has 3 atom stereocenters. The smallest absolute Gasteiger partial charge is 0.360 e. The lowest BCUT2D eigenvalue weighted by Crippen LogP contribution is -2.41. The summed E-state index contributed by atoms with van der Waals surface area (Å²) < 4.78 is 0. The average Bonchev–Trinajstić information content (AvgIpc) is 2.96. The Morgan fingerprint density at radius 1 is 0.705 bits per heavy atom. The monoisotopic (exact) mass is 736 g/mol. The maximum Gasteiger partial charge on any atom is 0.360 e. The number of aliphatic hydroxyl groups is 2. The van der Waals surface area contributed by atoms with E-state index in [1.165, 1.54) is 26.7 Å². The highest BCUT2D eigenvalue weighted by atomic mass is 127. The molecule has 44 heavy (non-hydrogen) atoms. The molecule has 9 nitrogen and oxygen atoms in total. The highest BCUT2D eigenvalue weighted by Gasteiger charge is 2.36. The van der Waals surface area contributed by atoms with Crippen LogP contribution in [0.25, 0.3) is 0 Å². The summed E-state index contributed by atoms with van der Waals surface area (Å²) in [5.41, 5.74) is -1.95. The molecule has 0 aromatic rings. The van der Waals surface area contributed by atoms with Crippen molar-refractivity contribution in [3.63, 3.8) is 0 Å².